The Morgan fingerprint density at radius 1 is 1.21 bits per heavy atom. The molecule has 1 atom stereocenters. The molecule has 0 saturated heterocycles. The molecule has 3 aromatic rings. The van der Waals surface area contributed by atoms with Crippen molar-refractivity contribution in [2.45, 2.75) is 26.0 Å². The van der Waals surface area contributed by atoms with Crippen LogP contribution in [0.3, 0.4) is 0 Å². The Morgan fingerprint density at radius 2 is 2.04 bits per heavy atom. The largest absolute Gasteiger partial charge is 0.484 e. The molecule has 0 aliphatic rings. The van der Waals surface area contributed by atoms with Crippen molar-refractivity contribution in [1.29, 1.82) is 5.26 Å². The molecule has 0 N–H and O–H groups in total. The number of hydrogen-bond acceptors (Lipinski definition) is 3. The van der Waals surface area contributed by atoms with Gasteiger partial charge in [0.1, 0.15) is 17.9 Å². The Hall–Kier alpha value is -3.06. The van der Waals surface area contributed by atoms with E-state index in [-0.39, 0.29) is 6.10 Å². The molecule has 0 amide bonds. The van der Waals surface area contributed by atoms with Crippen LogP contribution in [0.4, 0.5) is 0 Å². The topological polar surface area (TPSA) is 50.8 Å². The molecule has 24 heavy (non-hydrogen) atoms. The molecule has 0 fully saturated rings. The van der Waals surface area contributed by atoms with Gasteiger partial charge >= 0.3 is 0 Å². The molecular formula is C20H19N3O. The van der Waals surface area contributed by atoms with E-state index in [0.717, 1.165) is 17.5 Å². The van der Waals surface area contributed by atoms with Crippen LogP contribution < -0.4 is 4.74 Å². The van der Waals surface area contributed by atoms with Gasteiger partial charge in [0.25, 0.3) is 0 Å². The second kappa shape index (κ2) is 7.47. The zero-order valence-electron chi connectivity index (χ0n) is 13.6. The molecule has 0 spiro atoms. The first-order valence-corrected chi connectivity index (χ1v) is 8.00. The first kappa shape index (κ1) is 15.8. The number of imidazole rings is 1. The second-order valence-electron chi connectivity index (χ2n) is 5.60. The average molecular weight is 317 g/mol. The SMILES string of the molecule is CCC(Oc1cc(Cn2ccnc2)ccc1C#N)c1ccccc1. The number of ether oxygens (including phenoxy) is 1. The summed E-state index contributed by atoms with van der Waals surface area (Å²) in [7, 11) is 0. The van der Waals surface area contributed by atoms with Gasteiger partial charge in [-0.2, -0.15) is 5.26 Å². The van der Waals surface area contributed by atoms with Gasteiger partial charge in [-0.3, -0.25) is 0 Å². The van der Waals surface area contributed by atoms with E-state index in [0.29, 0.717) is 17.9 Å². The summed E-state index contributed by atoms with van der Waals surface area (Å²) in [5.41, 5.74) is 2.74. The third kappa shape index (κ3) is 3.64. The average Bonchev–Trinajstić information content (AvgIpc) is 3.13. The Kier molecular flexibility index (Phi) is 4.93. The lowest BCUT2D eigenvalue weighted by Crippen LogP contribution is -2.08. The van der Waals surface area contributed by atoms with Gasteiger partial charge in [-0.15, -0.1) is 0 Å². The Balaban J connectivity index is 1.86. The summed E-state index contributed by atoms with van der Waals surface area (Å²) in [5.74, 6) is 0.630. The van der Waals surface area contributed by atoms with E-state index in [1.807, 2.05) is 47.2 Å². The van der Waals surface area contributed by atoms with Crippen LogP contribution in [0, 0.1) is 11.3 Å². The molecule has 0 radical (unpaired) electrons. The molecule has 1 aromatic heterocycles. The van der Waals surface area contributed by atoms with E-state index in [1.165, 1.54) is 0 Å². The van der Waals surface area contributed by atoms with Crippen molar-refractivity contribution in [2.24, 2.45) is 0 Å². The van der Waals surface area contributed by atoms with Crippen LogP contribution in [0.5, 0.6) is 5.75 Å². The van der Waals surface area contributed by atoms with Crippen LogP contribution in [-0.4, -0.2) is 9.55 Å². The number of nitrogens with zero attached hydrogens (tertiary/aromatic N) is 3. The van der Waals surface area contributed by atoms with Crippen molar-refractivity contribution >= 4 is 0 Å². The summed E-state index contributed by atoms with van der Waals surface area (Å²) in [6, 6.07) is 18.0. The van der Waals surface area contributed by atoms with Gasteiger partial charge in [0, 0.05) is 18.9 Å². The molecule has 1 heterocycles. The highest BCUT2D eigenvalue weighted by Crippen LogP contribution is 2.28. The fraction of sp³-hybridized carbons (Fsp3) is 0.200. The fourth-order valence-electron chi connectivity index (χ4n) is 2.65. The van der Waals surface area contributed by atoms with E-state index in [1.54, 1.807) is 12.5 Å². The zero-order valence-corrected chi connectivity index (χ0v) is 13.6. The van der Waals surface area contributed by atoms with Crippen molar-refractivity contribution in [3.63, 3.8) is 0 Å². The predicted octanol–water partition coefficient (Wildman–Crippen LogP) is 4.33. The van der Waals surface area contributed by atoms with E-state index >= 15 is 0 Å². The maximum Gasteiger partial charge on any atom is 0.138 e. The van der Waals surface area contributed by atoms with Gasteiger partial charge < -0.3 is 9.30 Å². The number of aromatic nitrogens is 2. The Labute approximate surface area is 142 Å². The molecular weight excluding hydrogens is 298 g/mol. The van der Waals surface area contributed by atoms with Gasteiger partial charge in [0.05, 0.1) is 11.9 Å². The summed E-state index contributed by atoms with van der Waals surface area (Å²) in [6.07, 6.45) is 6.21. The lowest BCUT2D eigenvalue weighted by Gasteiger charge is -2.19. The van der Waals surface area contributed by atoms with Crippen molar-refractivity contribution < 1.29 is 4.74 Å². The first-order valence-electron chi connectivity index (χ1n) is 8.00. The molecule has 3 rings (SSSR count). The monoisotopic (exact) mass is 317 g/mol. The first-order chi connectivity index (χ1) is 11.8. The maximum atomic E-state index is 9.38. The van der Waals surface area contributed by atoms with Crippen LogP contribution in [0.2, 0.25) is 0 Å². The highest BCUT2D eigenvalue weighted by Gasteiger charge is 2.14. The summed E-state index contributed by atoms with van der Waals surface area (Å²) in [6.45, 7) is 2.78. The molecule has 0 aliphatic carbocycles. The Bertz CT molecular complexity index is 820. The van der Waals surface area contributed by atoms with Crippen molar-refractivity contribution in [3.05, 3.63) is 83.9 Å². The minimum atomic E-state index is -0.0678. The van der Waals surface area contributed by atoms with Crippen LogP contribution in [0.25, 0.3) is 0 Å². The second-order valence-corrected chi connectivity index (χ2v) is 5.60. The molecule has 4 heteroatoms. The van der Waals surface area contributed by atoms with Gasteiger partial charge in [-0.05, 0) is 29.7 Å². The van der Waals surface area contributed by atoms with E-state index in [4.69, 9.17) is 4.74 Å². The maximum absolute atomic E-state index is 9.38. The van der Waals surface area contributed by atoms with Gasteiger partial charge in [-0.25, -0.2) is 4.98 Å². The number of nitriles is 1. The summed E-state index contributed by atoms with van der Waals surface area (Å²) in [5, 5.41) is 9.38. The predicted molar refractivity (Wildman–Crippen MR) is 92.6 cm³/mol. The summed E-state index contributed by atoms with van der Waals surface area (Å²) in [4.78, 5) is 4.06. The van der Waals surface area contributed by atoms with Crippen LogP contribution in [0.15, 0.2) is 67.3 Å². The Morgan fingerprint density at radius 3 is 2.71 bits per heavy atom. The standard InChI is InChI=1S/C20H19N3O/c1-2-19(17-6-4-3-5-7-17)24-20-12-16(8-9-18(20)13-21)14-23-11-10-22-15-23/h3-12,15,19H,2,14H2,1H3. The van der Waals surface area contributed by atoms with E-state index < -0.39 is 0 Å². The van der Waals surface area contributed by atoms with Crippen LogP contribution in [-0.2, 0) is 6.54 Å². The molecule has 0 saturated carbocycles. The van der Waals surface area contributed by atoms with Crippen molar-refractivity contribution in [2.75, 3.05) is 0 Å². The van der Waals surface area contributed by atoms with Crippen LogP contribution in [0.1, 0.15) is 36.1 Å². The minimum Gasteiger partial charge on any atom is -0.484 e. The van der Waals surface area contributed by atoms with Crippen LogP contribution >= 0.6 is 0 Å². The molecule has 4 nitrogen and oxygen atoms in total. The summed E-state index contributed by atoms with van der Waals surface area (Å²) < 4.78 is 8.17. The molecule has 0 aliphatic heterocycles. The van der Waals surface area contributed by atoms with E-state index in [9.17, 15) is 5.26 Å². The highest BCUT2D eigenvalue weighted by atomic mass is 16.5. The molecule has 120 valence electrons. The lowest BCUT2D eigenvalue weighted by molar-refractivity contribution is 0.200. The zero-order chi connectivity index (χ0) is 16.8. The molecule has 2 aromatic carbocycles. The van der Waals surface area contributed by atoms with Crippen molar-refractivity contribution in [1.82, 2.24) is 9.55 Å². The summed E-state index contributed by atoms with van der Waals surface area (Å²) >= 11 is 0. The normalized spacial score (nSPS) is 11.7. The quantitative estimate of drug-likeness (QED) is 0.680. The fourth-order valence-corrected chi connectivity index (χ4v) is 2.65. The van der Waals surface area contributed by atoms with E-state index in [2.05, 4.69) is 30.1 Å². The van der Waals surface area contributed by atoms with Gasteiger partial charge in [0.15, 0.2) is 0 Å². The molecule has 0 bridgehead atoms. The lowest BCUT2D eigenvalue weighted by atomic mass is 10.1. The third-order valence-corrected chi connectivity index (χ3v) is 3.90. The number of benzene rings is 2. The van der Waals surface area contributed by atoms with Crippen molar-refractivity contribution in [3.8, 4) is 11.8 Å². The minimum absolute atomic E-state index is 0.0678. The van der Waals surface area contributed by atoms with Gasteiger partial charge in [-0.1, -0.05) is 43.3 Å². The molecule has 1 unspecified atom stereocenters. The number of hydrogen-bond donors (Lipinski definition) is 0. The smallest absolute Gasteiger partial charge is 0.138 e. The number of rotatable bonds is 6. The highest BCUT2D eigenvalue weighted by molar-refractivity contribution is 5.45. The van der Waals surface area contributed by atoms with Gasteiger partial charge in [0.2, 0.25) is 0 Å². The third-order valence-electron chi connectivity index (χ3n) is 3.90.